The summed E-state index contributed by atoms with van der Waals surface area (Å²) in [6.45, 7) is 4.61. The van der Waals surface area contributed by atoms with Crippen LogP contribution in [0, 0.1) is 18.3 Å². The van der Waals surface area contributed by atoms with Crippen LogP contribution in [0.25, 0.3) is 0 Å². The van der Waals surface area contributed by atoms with Gasteiger partial charge in [-0.05, 0) is 36.8 Å². The van der Waals surface area contributed by atoms with Gasteiger partial charge in [-0.1, -0.05) is 41.4 Å². The van der Waals surface area contributed by atoms with Gasteiger partial charge in [0.25, 0.3) is 5.91 Å². The Hall–Kier alpha value is -2.35. The number of piperazine rings is 1. The van der Waals surface area contributed by atoms with E-state index >= 15 is 0 Å². The van der Waals surface area contributed by atoms with E-state index in [1.165, 1.54) is 0 Å². The van der Waals surface area contributed by atoms with Gasteiger partial charge in [-0.25, -0.2) is 0 Å². The van der Waals surface area contributed by atoms with Gasteiger partial charge < -0.3 is 4.90 Å². The molecule has 128 valence electrons. The Balaban J connectivity index is 1.64. The molecule has 2 aromatic carbocycles. The summed E-state index contributed by atoms with van der Waals surface area (Å²) in [6, 6.07) is 17.1. The Morgan fingerprint density at radius 1 is 1.04 bits per heavy atom. The molecule has 1 amide bonds. The molecular formula is C20H20ClN3O. The zero-order chi connectivity index (χ0) is 17.8. The molecule has 1 aliphatic heterocycles. The second-order valence-electron chi connectivity index (χ2n) is 6.28. The summed E-state index contributed by atoms with van der Waals surface area (Å²) >= 11 is 5.93. The molecule has 2 aromatic rings. The molecule has 3 rings (SSSR count). The normalized spacial score (nSPS) is 16.3. The maximum absolute atomic E-state index is 12.6. The van der Waals surface area contributed by atoms with Crippen molar-refractivity contribution in [3.05, 3.63) is 70.2 Å². The van der Waals surface area contributed by atoms with Crippen LogP contribution < -0.4 is 0 Å². The number of carbonyl (C=O) groups excluding carboxylic acids is 1. The van der Waals surface area contributed by atoms with Gasteiger partial charge in [0.1, 0.15) is 6.04 Å². The number of rotatable bonds is 3. The smallest absolute Gasteiger partial charge is 0.253 e. The Morgan fingerprint density at radius 3 is 2.20 bits per heavy atom. The van der Waals surface area contributed by atoms with E-state index in [-0.39, 0.29) is 11.9 Å². The average molecular weight is 354 g/mol. The highest BCUT2D eigenvalue weighted by Crippen LogP contribution is 2.23. The lowest BCUT2D eigenvalue weighted by Crippen LogP contribution is -2.49. The molecule has 4 nitrogen and oxygen atoms in total. The molecule has 1 aliphatic rings. The molecule has 0 bridgehead atoms. The van der Waals surface area contributed by atoms with Gasteiger partial charge in [-0.2, -0.15) is 5.26 Å². The molecule has 0 aliphatic carbocycles. The van der Waals surface area contributed by atoms with Crippen LogP contribution in [0.2, 0.25) is 5.02 Å². The Bertz CT molecular complexity index is 772. The van der Waals surface area contributed by atoms with Crippen molar-refractivity contribution in [2.45, 2.75) is 13.0 Å². The molecule has 0 aromatic heterocycles. The molecule has 1 fully saturated rings. The van der Waals surface area contributed by atoms with Crippen LogP contribution in [-0.2, 0) is 0 Å². The predicted molar refractivity (Wildman–Crippen MR) is 98.5 cm³/mol. The number of carbonyl (C=O) groups is 1. The Kier molecular flexibility index (Phi) is 5.37. The highest BCUT2D eigenvalue weighted by atomic mass is 35.5. The maximum atomic E-state index is 12.6. The van der Waals surface area contributed by atoms with Crippen molar-refractivity contribution in [1.82, 2.24) is 9.80 Å². The molecule has 0 radical (unpaired) electrons. The summed E-state index contributed by atoms with van der Waals surface area (Å²) in [4.78, 5) is 16.6. The van der Waals surface area contributed by atoms with Gasteiger partial charge in [0.15, 0.2) is 0 Å². The third kappa shape index (κ3) is 4.01. The van der Waals surface area contributed by atoms with Crippen molar-refractivity contribution in [2.24, 2.45) is 0 Å². The molecule has 1 saturated heterocycles. The van der Waals surface area contributed by atoms with Gasteiger partial charge in [-0.3, -0.25) is 9.69 Å². The van der Waals surface area contributed by atoms with Gasteiger partial charge in [-0.15, -0.1) is 0 Å². The molecule has 0 spiro atoms. The van der Waals surface area contributed by atoms with E-state index in [0.29, 0.717) is 36.8 Å². The van der Waals surface area contributed by atoms with Gasteiger partial charge in [0.05, 0.1) is 6.07 Å². The van der Waals surface area contributed by atoms with Crippen molar-refractivity contribution in [1.29, 1.82) is 5.26 Å². The average Bonchev–Trinajstić information content (AvgIpc) is 2.64. The quantitative estimate of drug-likeness (QED) is 0.845. The number of benzene rings is 2. The van der Waals surface area contributed by atoms with E-state index in [1.807, 2.05) is 48.2 Å². The highest BCUT2D eigenvalue weighted by molar-refractivity contribution is 6.30. The van der Waals surface area contributed by atoms with Gasteiger partial charge >= 0.3 is 0 Å². The van der Waals surface area contributed by atoms with Crippen molar-refractivity contribution in [3.8, 4) is 6.07 Å². The zero-order valence-corrected chi connectivity index (χ0v) is 14.9. The summed E-state index contributed by atoms with van der Waals surface area (Å²) in [5.74, 6) is 0.0552. The number of amides is 1. The monoisotopic (exact) mass is 353 g/mol. The SMILES string of the molecule is Cc1ccc(C(=O)N2CCN(C(C#N)c3ccc(Cl)cc3)CC2)cc1. The summed E-state index contributed by atoms with van der Waals surface area (Å²) in [5.41, 5.74) is 2.79. The summed E-state index contributed by atoms with van der Waals surface area (Å²) in [7, 11) is 0. The molecule has 0 N–H and O–H groups in total. The third-order valence-corrected chi connectivity index (χ3v) is 4.83. The van der Waals surface area contributed by atoms with Crippen molar-refractivity contribution in [2.75, 3.05) is 26.2 Å². The number of nitrogens with zero attached hydrogens (tertiary/aromatic N) is 3. The van der Waals surface area contributed by atoms with Gasteiger partial charge in [0.2, 0.25) is 0 Å². The molecule has 25 heavy (non-hydrogen) atoms. The van der Waals surface area contributed by atoms with E-state index in [1.54, 1.807) is 12.1 Å². The maximum Gasteiger partial charge on any atom is 0.253 e. The number of hydrogen-bond acceptors (Lipinski definition) is 3. The van der Waals surface area contributed by atoms with Crippen LogP contribution in [0.5, 0.6) is 0 Å². The van der Waals surface area contributed by atoms with Crippen LogP contribution >= 0.6 is 11.6 Å². The standard InChI is InChI=1S/C20H20ClN3O/c1-15-2-4-17(5-3-15)20(25)24-12-10-23(11-13-24)19(14-22)16-6-8-18(21)9-7-16/h2-9,19H,10-13H2,1H3. The summed E-state index contributed by atoms with van der Waals surface area (Å²) in [5, 5.41) is 10.2. The number of halogens is 1. The largest absolute Gasteiger partial charge is 0.336 e. The van der Waals surface area contributed by atoms with Crippen molar-refractivity contribution < 1.29 is 4.79 Å². The first-order valence-electron chi connectivity index (χ1n) is 8.33. The molecule has 1 heterocycles. The van der Waals surface area contributed by atoms with E-state index < -0.39 is 0 Å². The third-order valence-electron chi connectivity index (χ3n) is 4.57. The van der Waals surface area contributed by atoms with E-state index in [9.17, 15) is 10.1 Å². The second-order valence-corrected chi connectivity index (χ2v) is 6.71. The minimum Gasteiger partial charge on any atom is -0.336 e. The zero-order valence-electron chi connectivity index (χ0n) is 14.2. The lowest BCUT2D eigenvalue weighted by atomic mass is 10.1. The van der Waals surface area contributed by atoms with E-state index in [4.69, 9.17) is 11.6 Å². The lowest BCUT2D eigenvalue weighted by molar-refractivity contribution is 0.0606. The molecule has 5 heteroatoms. The minimum atomic E-state index is -0.311. The molecule has 1 atom stereocenters. The van der Waals surface area contributed by atoms with E-state index in [2.05, 4.69) is 11.0 Å². The number of aryl methyl sites for hydroxylation is 1. The number of nitriles is 1. The van der Waals surface area contributed by atoms with Crippen LogP contribution in [0.1, 0.15) is 27.5 Å². The van der Waals surface area contributed by atoms with Crippen molar-refractivity contribution >= 4 is 17.5 Å². The first-order chi connectivity index (χ1) is 12.1. The van der Waals surface area contributed by atoms with E-state index in [0.717, 1.165) is 11.1 Å². The summed E-state index contributed by atoms with van der Waals surface area (Å²) in [6.07, 6.45) is 0. The molecular weight excluding hydrogens is 334 g/mol. The fourth-order valence-electron chi connectivity index (χ4n) is 3.07. The highest BCUT2D eigenvalue weighted by Gasteiger charge is 2.27. The van der Waals surface area contributed by atoms with Crippen LogP contribution in [0.4, 0.5) is 0 Å². The predicted octanol–water partition coefficient (Wildman–Crippen LogP) is 3.67. The Morgan fingerprint density at radius 2 is 1.64 bits per heavy atom. The summed E-state index contributed by atoms with van der Waals surface area (Å²) < 4.78 is 0. The first-order valence-corrected chi connectivity index (χ1v) is 8.71. The van der Waals surface area contributed by atoms with Crippen LogP contribution in [0.15, 0.2) is 48.5 Å². The first kappa shape index (κ1) is 17.5. The lowest BCUT2D eigenvalue weighted by Gasteiger charge is -2.37. The fraction of sp³-hybridized carbons (Fsp3) is 0.300. The molecule has 1 unspecified atom stereocenters. The van der Waals surface area contributed by atoms with Crippen molar-refractivity contribution in [3.63, 3.8) is 0 Å². The topological polar surface area (TPSA) is 47.3 Å². The fourth-order valence-corrected chi connectivity index (χ4v) is 3.20. The Labute approximate surface area is 153 Å². The van der Waals surface area contributed by atoms with Crippen LogP contribution in [-0.4, -0.2) is 41.9 Å². The van der Waals surface area contributed by atoms with Crippen LogP contribution in [0.3, 0.4) is 0 Å². The van der Waals surface area contributed by atoms with Gasteiger partial charge in [0, 0.05) is 36.8 Å². The minimum absolute atomic E-state index is 0.0552. The number of hydrogen-bond donors (Lipinski definition) is 0. The second kappa shape index (κ2) is 7.69. The molecule has 0 saturated carbocycles.